The number of aldehydes is 1. The molecular formula is C20H21ClO2. The van der Waals surface area contributed by atoms with E-state index in [0.717, 1.165) is 49.9 Å². The summed E-state index contributed by atoms with van der Waals surface area (Å²) < 4.78 is 5.97. The summed E-state index contributed by atoms with van der Waals surface area (Å²) >= 11 is 6.05. The van der Waals surface area contributed by atoms with Gasteiger partial charge in [0.05, 0.1) is 11.6 Å². The van der Waals surface area contributed by atoms with Crippen LogP contribution in [0.15, 0.2) is 24.3 Å². The van der Waals surface area contributed by atoms with Crippen molar-refractivity contribution in [3.05, 3.63) is 51.5 Å². The van der Waals surface area contributed by atoms with Crippen molar-refractivity contribution in [3.63, 3.8) is 0 Å². The topological polar surface area (TPSA) is 26.3 Å². The van der Waals surface area contributed by atoms with Crippen LogP contribution in [0.4, 0.5) is 0 Å². The van der Waals surface area contributed by atoms with E-state index in [1.807, 2.05) is 12.1 Å². The molecule has 0 bridgehead atoms. The minimum absolute atomic E-state index is 0.500. The third-order valence-corrected chi connectivity index (χ3v) is 4.84. The van der Waals surface area contributed by atoms with Crippen LogP contribution in [0, 0.1) is 6.92 Å². The van der Waals surface area contributed by atoms with Crippen LogP contribution in [0.5, 0.6) is 5.75 Å². The summed E-state index contributed by atoms with van der Waals surface area (Å²) in [7, 11) is 0. The summed E-state index contributed by atoms with van der Waals surface area (Å²) in [5.74, 6) is 1.03. The molecule has 0 amide bonds. The maximum absolute atomic E-state index is 11.2. The normalized spacial score (nSPS) is 12.5. The second-order valence-corrected chi connectivity index (χ2v) is 6.49. The lowest BCUT2D eigenvalue weighted by Gasteiger charge is -2.28. The molecule has 0 fully saturated rings. The van der Waals surface area contributed by atoms with Crippen LogP contribution in [-0.4, -0.2) is 12.9 Å². The van der Waals surface area contributed by atoms with Crippen molar-refractivity contribution in [3.8, 4) is 16.9 Å². The zero-order valence-corrected chi connectivity index (χ0v) is 14.4. The van der Waals surface area contributed by atoms with Gasteiger partial charge in [0.25, 0.3) is 0 Å². The Morgan fingerprint density at radius 1 is 1.22 bits per heavy atom. The average molecular weight is 329 g/mol. The molecule has 3 heteroatoms. The van der Waals surface area contributed by atoms with E-state index in [0.29, 0.717) is 10.6 Å². The van der Waals surface area contributed by atoms with Crippen LogP contribution in [0.25, 0.3) is 11.1 Å². The van der Waals surface area contributed by atoms with Gasteiger partial charge in [-0.25, -0.2) is 0 Å². The third-order valence-electron chi connectivity index (χ3n) is 4.50. The highest BCUT2D eigenvalue weighted by Gasteiger charge is 2.25. The molecule has 2 aromatic carbocycles. The first-order chi connectivity index (χ1) is 11.2. The fourth-order valence-electron chi connectivity index (χ4n) is 3.16. The first-order valence-corrected chi connectivity index (χ1v) is 8.56. The Hall–Kier alpha value is -1.80. The van der Waals surface area contributed by atoms with Gasteiger partial charge in [0.2, 0.25) is 0 Å². The van der Waals surface area contributed by atoms with Crippen molar-refractivity contribution in [2.45, 2.75) is 39.5 Å². The second-order valence-electron chi connectivity index (χ2n) is 6.08. The van der Waals surface area contributed by atoms with Crippen LogP contribution in [-0.2, 0) is 12.8 Å². The fourth-order valence-corrected chi connectivity index (χ4v) is 3.33. The van der Waals surface area contributed by atoms with Gasteiger partial charge in [-0.05, 0) is 72.2 Å². The van der Waals surface area contributed by atoms with Crippen LogP contribution < -0.4 is 4.74 Å². The van der Waals surface area contributed by atoms with Crippen LogP contribution in [0.1, 0.15) is 46.8 Å². The molecular weight excluding hydrogens is 308 g/mol. The maximum Gasteiger partial charge on any atom is 0.151 e. The highest BCUT2D eigenvalue weighted by molar-refractivity contribution is 6.33. The van der Waals surface area contributed by atoms with Crippen molar-refractivity contribution in [2.75, 3.05) is 6.61 Å². The number of fused-ring (bicyclic) bond motifs is 1. The lowest BCUT2D eigenvalue weighted by Crippen LogP contribution is -2.14. The number of ether oxygens (including phenoxy) is 1. The minimum Gasteiger partial charge on any atom is -0.493 e. The molecule has 2 nitrogen and oxygen atoms in total. The summed E-state index contributed by atoms with van der Waals surface area (Å²) in [5.41, 5.74) is 6.70. The van der Waals surface area contributed by atoms with Gasteiger partial charge in [0.1, 0.15) is 5.75 Å². The molecule has 0 atom stereocenters. The van der Waals surface area contributed by atoms with E-state index in [1.54, 1.807) is 6.07 Å². The minimum atomic E-state index is 0.500. The highest BCUT2D eigenvalue weighted by Crippen LogP contribution is 2.42. The van der Waals surface area contributed by atoms with Crippen LogP contribution in [0.2, 0.25) is 5.02 Å². The monoisotopic (exact) mass is 328 g/mol. The van der Waals surface area contributed by atoms with Crippen molar-refractivity contribution >= 4 is 17.9 Å². The first-order valence-electron chi connectivity index (χ1n) is 8.19. The van der Waals surface area contributed by atoms with Gasteiger partial charge in [-0.2, -0.15) is 0 Å². The molecule has 0 N–H and O–H groups in total. The highest BCUT2D eigenvalue weighted by atomic mass is 35.5. The molecule has 120 valence electrons. The molecule has 0 spiro atoms. The molecule has 3 rings (SSSR count). The molecule has 0 aliphatic heterocycles. The number of carbonyl (C=O) groups excluding carboxylic acids is 1. The van der Waals surface area contributed by atoms with Gasteiger partial charge in [-0.15, -0.1) is 0 Å². The van der Waals surface area contributed by atoms with Crippen molar-refractivity contribution in [1.29, 1.82) is 0 Å². The van der Waals surface area contributed by atoms with Gasteiger partial charge in [-0.1, -0.05) is 31.0 Å². The Kier molecular flexibility index (Phi) is 4.72. The molecule has 0 radical (unpaired) electrons. The molecule has 0 saturated heterocycles. The lowest BCUT2D eigenvalue weighted by molar-refractivity contribution is 0.112. The second kappa shape index (κ2) is 6.76. The predicted octanol–water partition coefficient (Wildman–Crippen LogP) is 5.41. The van der Waals surface area contributed by atoms with Gasteiger partial charge in [-0.3, -0.25) is 4.79 Å². The Balaban J connectivity index is 2.01. The molecule has 1 aliphatic carbocycles. The van der Waals surface area contributed by atoms with Crippen molar-refractivity contribution in [2.24, 2.45) is 0 Å². The van der Waals surface area contributed by atoms with E-state index < -0.39 is 0 Å². The van der Waals surface area contributed by atoms with E-state index in [2.05, 4.69) is 19.9 Å². The van der Waals surface area contributed by atoms with Crippen LogP contribution >= 0.6 is 11.6 Å². The number of unbranched alkanes of at least 4 members (excludes halogenated alkanes) is 1. The number of rotatable bonds is 6. The standard InChI is InChI=1S/C20H21ClO2/c1-3-4-9-23-19-10-13(2)20(17-7-6-16(17)19)14-5-8-18(21)15(11-14)12-22/h5,8,10-12H,3-4,6-7,9H2,1-2H3. The molecule has 0 heterocycles. The number of aryl methyl sites for hydroxylation is 1. The zero-order chi connectivity index (χ0) is 16.4. The summed E-state index contributed by atoms with van der Waals surface area (Å²) in [6.45, 7) is 5.05. The van der Waals surface area contributed by atoms with Gasteiger partial charge >= 0.3 is 0 Å². The third kappa shape index (κ3) is 3.00. The first kappa shape index (κ1) is 16.1. The van der Waals surface area contributed by atoms with E-state index in [9.17, 15) is 4.79 Å². The van der Waals surface area contributed by atoms with E-state index in [-0.39, 0.29) is 0 Å². The van der Waals surface area contributed by atoms with E-state index in [4.69, 9.17) is 16.3 Å². The quantitative estimate of drug-likeness (QED) is 0.524. The largest absolute Gasteiger partial charge is 0.493 e. The Labute approximate surface area is 142 Å². The maximum atomic E-state index is 11.2. The zero-order valence-electron chi connectivity index (χ0n) is 13.6. The van der Waals surface area contributed by atoms with E-state index >= 15 is 0 Å². The number of hydrogen-bond acceptors (Lipinski definition) is 2. The number of halogens is 1. The molecule has 1 aliphatic rings. The molecule has 2 aromatic rings. The Bertz CT molecular complexity index is 750. The number of carbonyl (C=O) groups is 1. The van der Waals surface area contributed by atoms with E-state index in [1.165, 1.54) is 22.3 Å². The fraction of sp³-hybridized carbons (Fsp3) is 0.350. The van der Waals surface area contributed by atoms with Gasteiger partial charge in [0, 0.05) is 5.56 Å². The van der Waals surface area contributed by atoms with Crippen molar-refractivity contribution in [1.82, 2.24) is 0 Å². The van der Waals surface area contributed by atoms with Crippen molar-refractivity contribution < 1.29 is 9.53 Å². The summed E-state index contributed by atoms with van der Waals surface area (Å²) in [5, 5.41) is 0.500. The molecule has 0 aromatic heterocycles. The molecule has 23 heavy (non-hydrogen) atoms. The summed E-state index contributed by atoms with van der Waals surface area (Å²) in [4.78, 5) is 11.2. The number of benzene rings is 2. The molecule has 0 unspecified atom stereocenters. The summed E-state index contributed by atoms with van der Waals surface area (Å²) in [6.07, 6.45) is 5.16. The van der Waals surface area contributed by atoms with Crippen LogP contribution in [0.3, 0.4) is 0 Å². The Morgan fingerprint density at radius 2 is 2.00 bits per heavy atom. The molecule has 0 saturated carbocycles. The average Bonchev–Trinajstić information content (AvgIpc) is 2.51. The number of hydrogen-bond donors (Lipinski definition) is 0. The smallest absolute Gasteiger partial charge is 0.151 e. The lowest BCUT2D eigenvalue weighted by atomic mass is 9.79. The SMILES string of the molecule is CCCCOc1cc(C)c(-c2ccc(Cl)c(C=O)c2)c2c1CC2. The van der Waals surface area contributed by atoms with Gasteiger partial charge in [0.15, 0.2) is 6.29 Å². The predicted molar refractivity (Wildman–Crippen MR) is 94.8 cm³/mol. The Morgan fingerprint density at radius 3 is 2.65 bits per heavy atom. The van der Waals surface area contributed by atoms with Gasteiger partial charge < -0.3 is 4.74 Å². The summed E-state index contributed by atoms with van der Waals surface area (Å²) in [6, 6.07) is 7.82.